The molecule has 17 heavy (non-hydrogen) atoms. The first-order valence-electron chi connectivity index (χ1n) is 6.62. The molecule has 0 bridgehead atoms. The molecular formula is C13H23N3S. The van der Waals surface area contributed by atoms with Crippen LogP contribution in [0.5, 0.6) is 0 Å². The van der Waals surface area contributed by atoms with Gasteiger partial charge < -0.3 is 10.2 Å². The van der Waals surface area contributed by atoms with E-state index < -0.39 is 0 Å². The van der Waals surface area contributed by atoms with Crippen molar-refractivity contribution in [3.63, 3.8) is 0 Å². The van der Waals surface area contributed by atoms with E-state index in [1.807, 2.05) is 0 Å². The number of aromatic nitrogens is 1. The highest BCUT2D eigenvalue weighted by Gasteiger charge is 2.26. The summed E-state index contributed by atoms with van der Waals surface area (Å²) in [5.74, 6) is 0.915. The van der Waals surface area contributed by atoms with Gasteiger partial charge in [0.15, 0.2) is 5.13 Å². The molecule has 1 N–H and O–H groups in total. The van der Waals surface area contributed by atoms with Crippen LogP contribution in [0.3, 0.4) is 0 Å². The number of anilines is 1. The molecule has 0 amide bonds. The number of nitrogens with one attached hydrogen (secondary N) is 1. The molecule has 0 spiro atoms. The van der Waals surface area contributed by atoms with Gasteiger partial charge in [0.1, 0.15) is 0 Å². The summed E-state index contributed by atoms with van der Waals surface area (Å²) in [5, 5.41) is 6.70. The Labute approximate surface area is 108 Å². The van der Waals surface area contributed by atoms with Gasteiger partial charge >= 0.3 is 0 Å². The zero-order valence-corrected chi connectivity index (χ0v) is 11.9. The second-order valence-electron chi connectivity index (χ2n) is 5.09. The summed E-state index contributed by atoms with van der Waals surface area (Å²) in [7, 11) is 0. The average molecular weight is 253 g/mol. The lowest BCUT2D eigenvalue weighted by Gasteiger charge is -2.26. The number of rotatable bonds is 7. The van der Waals surface area contributed by atoms with Crippen LogP contribution in [0.4, 0.5) is 5.13 Å². The van der Waals surface area contributed by atoms with E-state index in [4.69, 9.17) is 4.98 Å². The second-order valence-corrected chi connectivity index (χ2v) is 5.93. The molecule has 3 nitrogen and oxygen atoms in total. The zero-order chi connectivity index (χ0) is 12.3. The summed E-state index contributed by atoms with van der Waals surface area (Å²) in [6.45, 7) is 9.72. The van der Waals surface area contributed by atoms with Crippen molar-refractivity contribution in [2.24, 2.45) is 5.92 Å². The Balaban J connectivity index is 1.98. The minimum absolute atomic E-state index is 0.550. The van der Waals surface area contributed by atoms with Crippen molar-refractivity contribution in [2.75, 3.05) is 18.0 Å². The summed E-state index contributed by atoms with van der Waals surface area (Å²) < 4.78 is 0. The second kappa shape index (κ2) is 5.83. The maximum Gasteiger partial charge on any atom is 0.185 e. The van der Waals surface area contributed by atoms with Gasteiger partial charge in [0, 0.05) is 24.5 Å². The van der Waals surface area contributed by atoms with Crippen LogP contribution in [0.2, 0.25) is 0 Å². The smallest absolute Gasteiger partial charge is 0.185 e. The number of hydrogen-bond acceptors (Lipinski definition) is 4. The molecule has 1 aromatic heterocycles. The van der Waals surface area contributed by atoms with Gasteiger partial charge in [-0.2, -0.15) is 0 Å². The highest BCUT2D eigenvalue weighted by molar-refractivity contribution is 7.13. The van der Waals surface area contributed by atoms with E-state index in [0.717, 1.165) is 19.0 Å². The highest BCUT2D eigenvalue weighted by atomic mass is 32.1. The molecule has 1 aromatic rings. The van der Waals surface area contributed by atoms with Crippen LogP contribution in [-0.4, -0.2) is 24.1 Å². The maximum atomic E-state index is 4.73. The Hall–Kier alpha value is -0.610. The fourth-order valence-corrected chi connectivity index (χ4v) is 2.82. The van der Waals surface area contributed by atoms with E-state index in [9.17, 15) is 0 Å². The fraction of sp³-hybridized carbons (Fsp3) is 0.769. The third kappa shape index (κ3) is 3.68. The molecule has 0 unspecified atom stereocenters. The van der Waals surface area contributed by atoms with Crippen LogP contribution < -0.4 is 10.2 Å². The van der Waals surface area contributed by atoms with E-state index >= 15 is 0 Å². The zero-order valence-electron chi connectivity index (χ0n) is 11.1. The third-order valence-corrected chi connectivity index (χ3v) is 4.04. The van der Waals surface area contributed by atoms with Crippen LogP contribution in [-0.2, 0) is 6.54 Å². The summed E-state index contributed by atoms with van der Waals surface area (Å²) in [4.78, 5) is 7.19. The topological polar surface area (TPSA) is 28.2 Å². The van der Waals surface area contributed by atoms with E-state index in [-0.39, 0.29) is 0 Å². The van der Waals surface area contributed by atoms with E-state index in [2.05, 4.69) is 36.4 Å². The average Bonchev–Trinajstić information content (AvgIpc) is 3.01. The van der Waals surface area contributed by atoms with E-state index in [0.29, 0.717) is 6.04 Å². The minimum Gasteiger partial charge on any atom is -0.345 e. The first-order valence-corrected chi connectivity index (χ1v) is 7.50. The Kier molecular flexibility index (Phi) is 4.40. The van der Waals surface area contributed by atoms with Crippen molar-refractivity contribution in [3.8, 4) is 0 Å². The first kappa shape index (κ1) is 12.8. The predicted molar refractivity (Wildman–Crippen MR) is 74.7 cm³/mol. The van der Waals surface area contributed by atoms with Crippen molar-refractivity contribution in [2.45, 2.75) is 46.2 Å². The summed E-state index contributed by atoms with van der Waals surface area (Å²) in [6, 6.07) is 0.550. The normalized spacial score (nSPS) is 15.5. The van der Waals surface area contributed by atoms with E-state index in [1.54, 1.807) is 11.3 Å². The van der Waals surface area contributed by atoms with Crippen molar-refractivity contribution in [3.05, 3.63) is 11.1 Å². The van der Waals surface area contributed by atoms with Crippen molar-refractivity contribution in [1.29, 1.82) is 0 Å². The molecule has 1 heterocycles. The lowest BCUT2D eigenvalue weighted by atomic mass is 10.3. The molecular weight excluding hydrogens is 230 g/mol. The van der Waals surface area contributed by atoms with Gasteiger partial charge in [0.05, 0.1) is 5.69 Å². The molecule has 0 aromatic carbocycles. The van der Waals surface area contributed by atoms with Crippen LogP contribution in [0, 0.1) is 5.92 Å². The molecule has 96 valence electrons. The lowest BCUT2D eigenvalue weighted by molar-refractivity contribution is 0.639. The lowest BCUT2D eigenvalue weighted by Crippen LogP contribution is -2.32. The van der Waals surface area contributed by atoms with Gasteiger partial charge in [-0.25, -0.2) is 4.98 Å². The van der Waals surface area contributed by atoms with Crippen molar-refractivity contribution in [1.82, 2.24) is 10.3 Å². The molecule has 1 aliphatic carbocycles. The van der Waals surface area contributed by atoms with Crippen molar-refractivity contribution < 1.29 is 0 Å². The molecule has 0 radical (unpaired) electrons. The monoisotopic (exact) mass is 253 g/mol. The van der Waals surface area contributed by atoms with Gasteiger partial charge in [0.25, 0.3) is 0 Å². The van der Waals surface area contributed by atoms with Crippen molar-refractivity contribution >= 4 is 16.5 Å². The highest BCUT2D eigenvalue weighted by Crippen LogP contribution is 2.33. The number of hydrogen-bond donors (Lipinski definition) is 1. The van der Waals surface area contributed by atoms with Crippen LogP contribution in [0.1, 0.15) is 39.3 Å². The van der Waals surface area contributed by atoms with Gasteiger partial charge in [0.2, 0.25) is 0 Å². The molecule has 0 atom stereocenters. The molecule has 1 aliphatic rings. The van der Waals surface area contributed by atoms with E-state index in [1.165, 1.54) is 30.2 Å². The Bertz CT molecular complexity index is 344. The summed E-state index contributed by atoms with van der Waals surface area (Å²) in [5.41, 5.74) is 1.17. The standard InChI is InChI=1S/C13H23N3S/c1-4-14-7-12-9-17-13(15-12)16(10(2)3)8-11-5-6-11/h9-11,14H,4-8H2,1-3H3. The molecule has 0 aliphatic heterocycles. The predicted octanol–water partition coefficient (Wildman–Crippen LogP) is 2.88. The quantitative estimate of drug-likeness (QED) is 0.810. The Morgan fingerprint density at radius 1 is 1.53 bits per heavy atom. The molecule has 4 heteroatoms. The van der Waals surface area contributed by atoms with Crippen LogP contribution >= 0.6 is 11.3 Å². The first-order chi connectivity index (χ1) is 8.20. The molecule has 2 rings (SSSR count). The molecule has 1 fully saturated rings. The number of nitrogens with zero attached hydrogens (tertiary/aromatic N) is 2. The van der Waals surface area contributed by atoms with Gasteiger partial charge in [-0.15, -0.1) is 11.3 Å². The fourth-order valence-electron chi connectivity index (χ4n) is 1.85. The molecule has 0 saturated heterocycles. The minimum atomic E-state index is 0.550. The SMILES string of the molecule is CCNCc1csc(N(CC2CC2)C(C)C)n1. The van der Waals surface area contributed by atoms with Gasteiger partial charge in [-0.05, 0) is 39.2 Å². The summed E-state index contributed by atoms with van der Waals surface area (Å²) >= 11 is 1.78. The molecule has 1 saturated carbocycles. The van der Waals surface area contributed by atoms with Gasteiger partial charge in [-0.3, -0.25) is 0 Å². The Morgan fingerprint density at radius 3 is 2.88 bits per heavy atom. The summed E-state index contributed by atoms with van der Waals surface area (Å²) in [6.07, 6.45) is 2.80. The van der Waals surface area contributed by atoms with Crippen LogP contribution in [0.15, 0.2) is 5.38 Å². The third-order valence-electron chi connectivity index (χ3n) is 3.12. The largest absolute Gasteiger partial charge is 0.345 e. The van der Waals surface area contributed by atoms with Crippen LogP contribution in [0.25, 0.3) is 0 Å². The Morgan fingerprint density at radius 2 is 2.29 bits per heavy atom. The maximum absolute atomic E-state index is 4.73. The number of thiazole rings is 1. The van der Waals surface area contributed by atoms with Gasteiger partial charge in [-0.1, -0.05) is 6.92 Å².